The van der Waals surface area contributed by atoms with E-state index in [1.807, 2.05) is 6.92 Å². The van der Waals surface area contributed by atoms with Gasteiger partial charge in [-0.2, -0.15) is 0 Å². The maximum Gasteiger partial charge on any atom is 0.223 e. The fourth-order valence-electron chi connectivity index (χ4n) is 2.59. The molecule has 1 rings (SSSR count). The molecule has 0 aromatic heterocycles. The van der Waals surface area contributed by atoms with Crippen LogP contribution in [-0.4, -0.2) is 45.4 Å². The van der Waals surface area contributed by atoms with E-state index in [-0.39, 0.29) is 17.9 Å². The van der Waals surface area contributed by atoms with Gasteiger partial charge >= 0.3 is 0 Å². The van der Waals surface area contributed by atoms with E-state index >= 15 is 0 Å². The number of methoxy groups -OCH3 is 1. The molecule has 1 aliphatic carbocycles. The molecule has 5 heteroatoms. The molecule has 1 amide bonds. The van der Waals surface area contributed by atoms with Crippen molar-refractivity contribution in [2.75, 3.05) is 33.5 Å². The minimum atomic E-state index is 0.0466. The standard InChI is InChI=1S/C14H28N2O3/c1-11(12-4-3-5-13(15)10-12)14(17)16-6-7-19-9-8-18-2/h11-13H,3-10,15H2,1-2H3,(H,16,17). The van der Waals surface area contributed by atoms with Crippen molar-refractivity contribution in [2.45, 2.75) is 38.6 Å². The summed E-state index contributed by atoms with van der Waals surface area (Å²) in [5.74, 6) is 0.595. The average Bonchev–Trinajstić information content (AvgIpc) is 2.41. The lowest BCUT2D eigenvalue weighted by atomic mass is 9.78. The molecule has 0 aromatic rings. The molecule has 1 saturated carbocycles. The highest BCUT2D eigenvalue weighted by Gasteiger charge is 2.28. The monoisotopic (exact) mass is 272 g/mol. The number of amides is 1. The van der Waals surface area contributed by atoms with Crippen molar-refractivity contribution in [2.24, 2.45) is 17.6 Å². The van der Waals surface area contributed by atoms with E-state index < -0.39 is 0 Å². The van der Waals surface area contributed by atoms with Crippen molar-refractivity contribution in [3.63, 3.8) is 0 Å². The highest BCUT2D eigenvalue weighted by atomic mass is 16.5. The summed E-state index contributed by atoms with van der Waals surface area (Å²) in [6.45, 7) is 4.26. The van der Waals surface area contributed by atoms with E-state index in [0.29, 0.717) is 32.3 Å². The van der Waals surface area contributed by atoms with Crippen molar-refractivity contribution in [3.05, 3.63) is 0 Å². The van der Waals surface area contributed by atoms with E-state index in [1.54, 1.807) is 7.11 Å². The van der Waals surface area contributed by atoms with Crippen LogP contribution < -0.4 is 11.1 Å². The minimum Gasteiger partial charge on any atom is -0.382 e. The highest BCUT2D eigenvalue weighted by molar-refractivity contribution is 5.78. The lowest BCUT2D eigenvalue weighted by Crippen LogP contribution is -2.39. The fourth-order valence-corrected chi connectivity index (χ4v) is 2.59. The summed E-state index contributed by atoms with van der Waals surface area (Å²) in [5.41, 5.74) is 5.97. The summed E-state index contributed by atoms with van der Waals surface area (Å²) in [5, 5.41) is 2.93. The van der Waals surface area contributed by atoms with Crippen LogP contribution in [-0.2, 0) is 14.3 Å². The minimum absolute atomic E-state index is 0.0466. The molecule has 0 bridgehead atoms. The van der Waals surface area contributed by atoms with E-state index in [9.17, 15) is 4.79 Å². The van der Waals surface area contributed by atoms with Crippen molar-refractivity contribution >= 4 is 5.91 Å². The molecule has 112 valence electrons. The predicted molar refractivity (Wildman–Crippen MR) is 74.8 cm³/mol. The van der Waals surface area contributed by atoms with E-state index in [0.717, 1.165) is 25.7 Å². The zero-order valence-corrected chi connectivity index (χ0v) is 12.2. The number of hydrogen-bond acceptors (Lipinski definition) is 4. The lowest BCUT2D eigenvalue weighted by molar-refractivity contribution is -0.126. The highest BCUT2D eigenvalue weighted by Crippen LogP contribution is 2.29. The van der Waals surface area contributed by atoms with Crippen LogP contribution in [0, 0.1) is 11.8 Å². The first-order chi connectivity index (χ1) is 9.15. The Hall–Kier alpha value is -0.650. The van der Waals surface area contributed by atoms with E-state index in [4.69, 9.17) is 15.2 Å². The molecule has 0 aliphatic heterocycles. The van der Waals surface area contributed by atoms with Gasteiger partial charge in [-0.25, -0.2) is 0 Å². The second kappa shape index (κ2) is 9.28. The number of carbonyl (C=O) groups excluding carboxylic acids is 1. The SMILES string of the molecule is COCCOCCNC(=O)C(C)C1CCCC(N)C1. The summed E-state index contributed by atoms with van der Waals surface area (Å²) in [6, 6.07) is 0.270. The first-order valence-electron chi connectivity index (χ1n) is 7.25. The quantitative estimate of drug-likeness (QED) is 0.644. The number of nitrogens with one attached hydrogen (secondary N) is 1. The van der Waals surface area contributed by atoms with Gasteiger partial charge in [-0.1, -0.05) is 13.3 Å². The summed E-state index contributed by atoms with van der Waals surface area (Å²) >= 11 is 0. The molecular weight excluding hydrogens is 244 g/mol. The Kier molecular flexibility index (Phi) is 8.02. The summed E-state index contributed by atoms with van der Waals surface area (Å²) in [6.07, 6.45) is 4.33. The van der Waals surface area contributed by atoms with Gasteiger partial charge in [-0.05, 0) is 25.2 Å². The number of nitrogens with two attached hydrogens (primary N) is 1. The van der Waals surface area contributed by atoms with Gasteiger partial charge in [0.05, 0.1) is 19.8 Å². The molecular formula is C14H28N2O3. The van der Waals surface area contributed by atoms with Crippen LogP contribution in [0.25, 0.3) is 0 Å². The Morgan fingerprint density at radius 3 is 2.84 bits per heavy atom. The van der Waals surface area contributed by atoms with Crippen LogP contribution in [0.2, 0.25) is 0 Å². The molecule has 0 radical (unpaired) electrons. The number of hydrogen-bond donors (Lipinski definition) is 2. The number of ether oxygens (including phenoxy) is 2. The summed E-state index contributed by atoms with van der Waals surface area (Å²) in [4.78, 5) is 12.0. The number of carbonyl (C=O) groups is 1. The molecule has 0 spiro atoms. The Morgan fingerprint density at radius 2 is 2.16 bits per heavy atom. The Balaban J connectivity index is 2.14. The van der Waals surface area contributed by atoms with Gasteiger partial charge in [0, 0.05) is 25.6 Å². The van der Waals surface area contributed by atoms with Crippen molar-refractivity contribution in [3.8, 4) is 0 Å². The molecule has 0 saturated heterocycles. The molecule has 19 heavy (non-hydrogen) atoms. The lowest BCUT2D eigenvalue weighted by Gasteiger charge is -2.30. The normalized spacial score (nSPS) is 25.0. The second-order valence-electron chi connectivity index (χ2n) is 5.37. The molecule has 3 atom stereocenters. The van der Waals surface area contributed by atoms with Gasteiger partial charge < -0.3 is 20.5 Å². The molecule has 1 aliphatic rings. The Morgan fingerprint density at radius 1 is 1.37 bits per heavy atom. The summed E-state index contributed by atoms with van der Waals surface area (Å²) < 4.78 is 10.2. The van der Waals surface area contributed by atoms with Gasteiger partial charge in [-0.3, -0.25) is 4.79 Å². The fraction of sp³-hybridized carbons (Fsp3) is 0.929. The topological polar surface area (TPSA) is 73.6 Å². The molecule has 1 fully saturated rings. The maximum atomic E-state index is 12.0. The molecule has 0 aromatic carbocycles. The van der Waals surface area contributed by atoms with Crippen LogP contribution in [0.1, 0.15) is 32.6 Å². The smallest absolute Gasteiger partial charge is 0.223 e. The molecule has 3 N–H and O–H groups in total. The zero-order valence-electron chi connectivity index (χ0n) is 12.2. The van der Waals surface area contributed by atoms with Crippen LogP contribution in [0.4, 0.5) is 0 Å². The van der Waals surface area contributed by atoms with Gasteiger partial charge in [0.1, 0.15) is 0 Å². The van der Waals surface area contributed by atoms with Gasteiger partial charge in [-0.15, -0.1) is 0 Å². The maximum absolute atomic E-state index is 12.0. The molecule has 3 unspecified atom stereocenters. The Labute approximate surface area is 116 Å². The summed E-state index contributed by atoms with van der Waals surface area (Å²) in [7, 11) is 1.64. The van der Waals surface area contributed by atoms with Crippen LogP contribution >= 0.6 is 0 Å². The van der Waals surface area contributed by atoms with Crippen LogP contribution in [0.5, 0.6) is 0 Å². The first kappa shape index (κ1) is 16.4. The largest absolute Gasteiger partial charge is 0.382 e. The second-order valence-corrected chi connectivity index (χ2v) is 5.37. The van der Waals surface area contributed by atoms with E-state index in [2.05, 4.69) is 5.32 Å². The molecule has 0 heterocycles. The number of rotatable bonds is 8. The average molecular weight is 272 g/mol. The third-order valence-corrected chi connectivity index (χ3v) is 3.85. The van der Waals surface area contributed by atoms with Crippen LogP contribution in [0.15, 0.2) is 0 Å². The van der Waals surface area contributed by atoms with Crippen molar-refractivity contribution in [1.29, 1.82) is 0 Å². The van der Waals surface area contributed by atoms with Crippen molar-refractivity contribution in [1.82, 2.24) is 5.32 Å². The van der Waals surface area contributed by atoms with E-state index in [1.165, 1.54) is 0 Å². The first-order valence-corrected chi connectivity index (χ1v) is 7.25. The van der Waals surface area contributed by atoms with Gasteiger partial charge in [0.25, 0.3) is 0 Å². The van der Waals surface area contributed by atoms with Gasteiger partial charge in [0.2, 0.25) is 5.91 Å². The zero-order chi connectivity index (χ0) is 14.1. The van der Waals surface area contributed by atoms with Crippen LogP contribution in [0.3, 0.4) is 0 Å². The third-order valence-electron chi connectivity index (χ3n) is 3.85. The Bertz CT molecular complexity index is 261. The third kappa shape index (κ3) is 6.36. The predicted octanol–water partition coefficient (Wildman–Crippen LogP) is 0.919. The van der Waals surface area contributed by atoms with Gasteiger partial charge in [0.15, 0.2) is 0 Å². The van der Waals surface area contributed by atoms with Crippen molar-refractivity contribution < 1.29 is 14.3 Å². The molecule has 5 nitrogen and oxygen atoms in total.